The summed E-state index contributed by atoms with van der Waals surface area (Å²) in [6.45, 7) is 3.64. The molecule has 0 fully saturated rings. The van der Waals surface area contributed by atoms with Crippen molar-refractivity contribution in [3.63, 3.8) is 0 Å². The van der Waals surface area contributed by atoms with Crippen LogP contribution in [0.2, 0.25) is 0 Å². The number of rotatable bonds is 6. The fraction of sp³-hybridized carbons (Fsp3) is 0.154. The lowest BCUT2D eigenvalue weighted by Gasteiger charge is -2.22. The second-order valence-electron chi connectivity index (χ2n) is 7.45. The molecule has 0 saturated heterocycles. The zero-order chi connectivity index (χ0) is 22.0. The highest BCUT2D eigenvalue weighted by atomic mass is 16.5. The molecule has 0 bridgehead atoms. The van der Waals surface area contributed by atoms with Crippen LogP contribution in [-0.2, 0) is 11.2 Å². The summed E-state index contributed by atoms with van der Waals surface area (Å²) in [5, 5.41) is 12.5. The maximum atomic E-state index is 12.8. The molecule has 0 aliphatic rings. The number of carboxylic acids is 1. The highest BCUT2D eigenvalue weighted by Gasteiger charge is 2.19. The first-order valence-electron chi connectivity index (χ1n) is 9.98. The molecule has 5 nitrogen and oxygen atoms in total. The fourth-order valence-electron chi connectivity index (χ4n) is 3.71. The number of carboxylic acid groups (broad SMARTS) is 1. The van der Waals surface area contributed by atoms with Crippen molar-refractivity contribution in [3.05, 3.63) is 111 Å². The van der Waals surface area contributed by atoms with Crippen molar-refractivity contribution in [2.45, 2.75) is 26.4 Å². The second-order valence-corrected chi connectivity index (χ2v) is 7.45. The van der Waals surface area contributed by atoms with Gasteiger partial charge in [0.15, 0.2) is 6.10 Å². The van der Waals surface area contributed by atoms with Gasteiger partial charge in [0.2, 0.25) is 0 Å². The zero-order valence-corrected chi connectivity index (χ0v) is 17.3. The van der Waals surface area contributed by atoms with Crippen molar-refractivity contribution >= 4 is 16.9 Å². The van der Waals surface area contributed by atoms with E-state index in [2.05, 4.69) is 0 Å². The van der Waals surface area contributed by atoms with E-state index < -0.39 is 17.7 Å². The van der Waals surface area contributed by atoms with E-state index in [1.54, 1.807) is 49.4 Å². The van der Waals surface area contributed by atoms with E-state index in [1.165, 1.54) is 0 Å². The van der Waals surface area contributed by atoms with E-state index in [0.717, 1.165) is 16.5 Å². The third-order valence-electron chi connectivity index (χ3n) is 5.44. The fourth-order valence-corrected chi connectivity index (χ4v) is 3.71. The second kappa shape index (κ2) is 8.48. The number of carbonyl (C=O) groups is 1. The van der Waals surface area contributed by atoms with Crippen molar-refractivity contribution in [1.29, 1.82) is 0 Å². The summed E-state index contributed by atoms with van der Waals surface area (Å²) in [7, 11) is 0. The van der Waals surface area contributed by atoms with Gasteiger partial charge < -0.3 is 19.1 Å². The molecular formula is C26H21O5-. The quantitative estimate of drug-likeness (QED) is 0.448. The molecule has 0 N–H and O–H groups in total. The molecule has 0 spiro atoms. The van der Waals surface area contributed by atoms with Gasteiger partial charge >= 0.3 is 5.63 Å². The number of aliphatic carboxylic acids is 1. The lowest BCUT2D eigenvalue weighted by atomic mass is 9.98. The van der Waals surface area contributed by atoms with Crippen LogP contribution in [0.3, 0.4) is 0 Å². The van der Waals surface area contributed by atoms with Crippen LogP contribution >= 0.6 is 0 Å². The Morgan fingerprint density at radius 1 is 0.935 bits per heavy atom. The van der Waals surface area contributed by atoms with Crippen LogP contribution in [0.15, 0.2) is 82.0 Å². The van der Waals surface area contributed by atoms with E-state index in [1.807, 2.05) is 37.3 Å². The smallest absolute Gasteiger partial charge is 0.340 e. The predicted octanol–water partition coefficient (Wildman–Crippen LogP) is 3.87. The largest absolute Gasteiger partial charge is 0.546 e. The summed E-state index contributed by atoms with van der Waals surface area (Å²) in [5.41, 5.74) is 3.47. The Balaban J connectivity index is 1.75. The molecule has 0 aliphatic heterocycles. The van der Waals surface area contributed by atoms with Crippen molar-refractivity contribution in [2.75, 3.05) is 0 Å². The molecule has 0 amide bonds. The van der Waals surface area contributed by atoms with Gasteiger partial charge in [-0.05, 0) is 42.7 Å². The lowest BCUT2D eigenvalue weighted by Crippen LogP contribution is -2.33. The molecule has 1 aromatic heterocycles. The summed E-state index contributed by atoms with van der Waals surface area (Å²) in [6, 6.07) is 21.8. The minimum atomic E-state index is -1.35. The monoisotopic (exact) mass is 413 g/mol. The van der Waals surface area contributed by atoms with Crippen LogP contribution in [0.25, 0.3) is 11.0 Å². The molecule has 156 valence electrons. The Morgan fingerprint density at radius 3 is 2.23 bits per heavy atom. The third-order valence-corrected chi connectivity index (χ3v) is 5.44. The van der Waals surface area contributed by atoms with Gasteiger partial charge in [-0.3, -0.25) is 0 Å². The van der Waals surface area contributed by atoms with Crippen LogP contribution in [-0.4, -0.2) is 5.97 Å². The first-order valence-corrected chi connectivity index (χ1v) is 9.98. The molecule has 3 aromatic carbocycles. The van der Waals surface area contributed by atoms with Crippen molar-refractivity contribution in [2.24, 2.45) is 0 Å². The Bertz CT molecular complexity index is 1290. The molecule has 0 saturated carbocycles. The Kier molecular flexibility index (Phi) is 5.58. The minimum Gasteiger partial charge on any atom is -0.546 e. The number of ether oxygens (including phenoxy) is 1. The maximum Gasteiger partial charge on any atom is 0.340 e. The summed E-state index contributed by atoms with van der Waals surface area (Å²) < 4.78 is 11.4. The first kappa shape index (κ1) is 20.4. The van der Waals surface area contributed by atoms with E-state index in [0.29, 0.717) is 34.4 Å². The van der Waals surface area contributed by atoms with Gasteiger partial charge in [0, 0.05) is 22.9 Å². The lowest BCUT2D eigenvalue weighted by molar-refractivity contribution is -0.314. The maximum absolute atomic E-state index is 12.8. The number of benzene rings is 3. The van der Waals surface area contributed by atoms with Gasteiger partial charge in [0.1, 0.15) is 11.3 Å². The van der Waals surface area contributed by atoms with Crippen LogP contribution in [0, 0.1) is 13.8 Å². The predicted molar refractivity (Wildman–Crippen MR) is 116 cm³/mol. The van der Waals surface area contributed by atoms with Crippen molar-refractivity contribution < 1.29 is 19.1 Å². The molecule has 0 unspecified atom stereocenters. The molecule has 31 heavy (non-hydrogen) atoms. The highest BCUT2D eigenvalue weighted by molar-refractivity contribution is 5.86. The average Bonchev–Trinajstić information content (AvgIpc) is 2.78. The minimum absolute atomic E-state index is 0.323. The molecule has 5 heteroatoms. The van der Waals surface area contributed by atoms with Crippen LogP contribution in [0.1, 0.15) is 33.9 Å². The van der Waals surface area contributed by atoms with Crippen molar-refractivity contribution in [1.82, 2.24) is 0 Å². The molecule has 4 rings (SSSR count). The number of hydrogen-bond acceptors (Lipinski definition) is 5. The van der Waals surface area contributed by atoms with Gasteiger partial charge in [-0.1, -0.05) is 60.7 Å². The average molecular weight is 413 g/mol. The molecular weight excluding hydrogens is 392 g/mol. The SMILES string of the molecule is Cc1c(Cc2ccccc2)c(=O)oc2c(C)c(O[C@H](C(=O)[O-])c3ccccc3)ccc12. The summed E-state index contributed by atoms with van der Waals surface area (Å²) in [6.07, 6.45) is -0.800. The molecule has 4 aromatic rings. The molecule has 0 radical (unpaired) electrons. The molecule has 1 atom stereocenters. The highest BCUT2D eigenvalue weighted by Crippen LogP contribution is 2.32. The molecule has 0 aliphatic carbocycles. The Hall–Kier alpha value is -3.86. The molecule has 1 heterocycles. The van der Waals surface area contributed by atoms with Crippen molar-refractivity contribution in [3.8, 4) is 5.75 Å². The topological polar surface area (TPSA) is 79.6 Å². The third kappa shape index (κ3) is 4.08. The Morgan fingerprint density at radius 2 is 1.58 bits per heavy atom. The van der Waals surface area contributed by atoms with E-state index in [9.17, 15) is 14.7 Å². The van der Waals surface area contributed by atoms with Crippen LogP contribution in [0.4, 0.5) is 0 Å². The van der Waals surface area contributed by atoms with Gasteiger partial charge in [-0.2, -0.15) is 0 Å². The van der Waals surface area contributed by atoms with E-state index in [4.69, 9.17) is 9.15 Å². The standard InChI is InChI=1S/C26H22O5/c1-16-20-13-14-22(30-24(25(27)28)19-11-7-4-8-12-19)17(2)23(20)31-26(29)21(16)15-18-9-5-3-6-10-18/h3-14,24H,15H2,1-2H3,(H,27,28)/p-1/t24-/m0/s1. The normalized spacial score (nSPS) is 11.9. The first-order chi connectivity index (χ1) is 15.0. The Labute approximate surface area is 179 Å². The number of hydrogen-bond donors (Lipinski definition) is 0. The number of aryl methyl sites for hydroxylation is 2. The summed E-state index contributed by atoms with van der Waals surface area (Å²) >= 11 is 0. The van der Waals surface area contributed by atoms with Crippen LogP contribution in [0.5, 0.6) is 5.75 Å². The van der Waals surface area contributed by atoms with E-state index in [-0.39, 0.29) is 0 Å². The van der Waals surface area contributed by atoms with Gasteiger partial charge in [0.25, 0.3) is 0 Å². The van der Waals surface area contributed by atoms with Crippen LogP contribution < -0.4 is 15.5 Å². The number of carbonyl (C=O) groups excluding carboxylic acids is 1. The van der Waals surface area contributed by atoms with E-state index >= 15 is 0 Å². The summed E-state index contributed by atoms with van der Waals surface area (Å²) in [5.74, 6) is -1.02. The zero-order valence-electron chi connectivity index (χ0n) is 17.3. The van der Waals surface area contributed by atoms with Gasteiger partial charge in [-0.15, -0.1) is 0 Å². The van der Waals surface area contributed by atoms with Gasteiger partial charge in [-0.25, -0.2) is 4.79 Å². The van der Waals surface area contributed by atoms with Gasteiger partial charge in [0.05, 0.1) is 5.97 Å². The number of fused-ring (bicyclic) bond motifs is 1. The summed E-state index contributed by atoms with van der Waals surface area (Å²) in [4.78, 5) is 24.5.